The van der Waals surface area contributed by atoms with E-state index in [1.165, 1.54) is 6.07 Å². The van der Waals surface area contributed by atoms with Crippen LogP contribution in [0.4, 0.5) is 10.2 Å². The monoisotopic (exact) mass is 557 g/mol. The van der Waals surface area contributed by atoms with Crippen molar-refractivity contribution in [2.75, 3.05) is 24.6 Å². The highest BCUT2D eigenvalue weighted by Gasteiger charge is 2.57. The Morgan fingerprint density at radius 3 is 2.76 bits per heavy atom. The van der Waals surface area contributed by atoms with Crippen LogP contribution in [0.25, 0.3) is 11.2 Å². The lowest BCUT2D eigenvalue weighted by molar-refractivity contribution is -0.0590. The number of carboxylic acids is 1. The number of hydrogen-bond donors (Lipinski definition) is 1. The van der Waals surface area contributed by atoms with Crippen molar-refractivity contribution in [1.29, 1.82) is 5.26 Å². The summed E-state index contributed by atoms with van der Waals surface area (Å²) in [5.41, 5.74) is 1.87. The normalized spacial score (nSPS) is 21.0. The molecule has 2 atom stereocenters. The first-order chi connectivity index (χ1) is 19.9. The number of anilines is 1. The second kappa shape index (κ2) is 9.89. The van der Waals surface area contributed by atoms with Gasteiger partial charge in [0, 0.05) is 43.3 Å². The van der Waals surface area contributed by atoms with E-state index >= 15 is 0 Å². The Morgan fingerprint density at radius 2 is 2.05 bits per heavy atom. The molecule has 41 heavy (non-hydrogen) atoms. The van der Waals surface area contributed by atoms with Crippen LogP contribution < -0.4 is 9.64 Å². The molecule has 3 aromatic heterocycles. The van der Waals surface area contributed by atoms with Gasteiger partial charge in [0.05, 0.1) is 24.3 Å². The van der Waals surface area contributed by atoms with Crippen molar-refractivity contribution in [1.82, 2.24) is 14.5 Å². The van der Waals surface area contributed by atoms with Crippen LogP contribution in [0.1, 0.15) is 59.1 Å². The maximum absolute atomic E-state index is 14.2. The van der Waals surface area contributed by atoms with Crippen LogP contribution in [-0.4, -0.2) is 51.4 Å². The third-order valence-electron chi connectivity index (χ3n) is 8.72. The molecule has 1 spiro atoms. The minimum atomic E-state index is -1.10. The Labute approximate surface area is 234 Å². The summed E-state index contributed by atoms with van der Waals surface area (Å²) in [6, 6.07) is 13.4. The van der Waals surface area contributed by atoms with Gasteiger partial charge in [-0.05, 0) is 49.3 Å². The summed E-state index contributed by atoms with van der Waals surface area (Å²) < 4.78 is 33.4. The number of piperidine rings is 1. The fraction of sp³-hybridized carbons (Fsp3) is 0.400. The van der Waals surface area contributed by atoms with Crippen LogP contribution in [0.5, 0.6) is 5.88 Å². The minimum absolute atomic E-state index is 0.0220. The predicted molar refractivity (Wildman–Crippen MR) is 144 cm³/mol. The number of aromatic carboxylic acids is 1. The zero-order chi connectivity index (χ0) is 28.1. The van der Waals surface area contributed by atoms with E-state index in [1.807, 2.05) is 18.2 Å². The quantitative estimate of drug-likeness (QED) is 0.323. The number of halogens is 1. The molecular weight excluding hydrogens is 529 g/mol. The average molecular weight is 558 g/mol. The van der Waals surface area contributed by atoms with Crippen molar-refractivity contribution in [3.05, 3.63) is 71.0 Å². The Hall–Kier alpha value is -4.43. The van der Waals surface area contributed by atoms with Crippen molar-refractivity contribution in [2.24, 2.45) is 5.41 Å². The number of carboxylic acid groups (broad SMARTS) is 1. The SMILES string of the molecule is N#Cc1ccc(COc2cccc(N3CCC4(CC3)CC4c3nc4oc(C(=O)O)cc4n3C[C@@H]3CCO3)n2)c(F)c1. The van der Waals surface area contributed by atoms with Gasteiger partial charge in [-0.2, -0.15) is 15.2 Å². The molecule has 1 N–H and O–H groups in total. The van der Waals surface area contributed by atoms with Crippen LogP contribution in [0, 0.1) is 22.6 Å². The molecule has 1 aromatic carbocycles. The zero-order valence-electron chi connectivity index (χ0n) is 22.3. The number of carbonyl (C=O) groups is 1. The molecule has 10 nitrogen and oxygen atoms in total. The van der Waals surface area contributed by atoms with Gasteiger partial charge in [-0.15, -0.1) is 0 Å². The summed E-state index contributed by atoms with van der Waals surface area (Å²) in [6.07, 6.45) is 4.08. The number of benzene rings is 1. The van der Waals surface area contributed by atoms with Crippen LogP contribution in [0.3, 0.4) is 0 Å². The molecule has 0 amide bonds. The maximum atomic E-state index is 14.2. The molecule has 1 unspecified atom stereocenters. The number of aromatic nitrogens is 3. The first-order valence-electron chi connectivity index (χ1n) is 13.8. The molecule has 1 aliphatic carbocycles. The smallest absolute Gasteiger partial charge is 0.371 e. The van der Waals surface area contributed by atoms with Gasteiger partial charge in [0.1, 0.15) is 29.6 Å². The van der Waals surface area contributed by atoms with Crippen LogP contribution >= 0.6 is 0 Å². The third kappa shape index (κ3) is 4.68. The summed E-state index contributed by atoms with van der Waals surface area (Å²) in [7, 11) is 0. The molecule has 4 aromatic rings. The topological polar surface area (TPSA) is 127 Å². The third-order valence-corrected chi connectivity index (χ3v) is 8.72. The summed E-state index contributed by atoms with van der Waals surface area (Å²) in [5, 5.41) is 18.3. The highest BCUT2D eigenvalue weighted by Crippen LogP contribution is 2.65. The Morgan fingerprint density at radius 1 is 1.22 bits per heavy atom. The van der Waals surface area contributed by atoms with Crippen LogP contribution in [-0.2, 0) is 17.9 Å². The number of ether oxygens (including phenoxy) is 2. The van der Waals surface area contributed by atoms with Gasteiger partial charge in [-0.3, -0.25) is 0 Å². The van der Waals surface area contributed by atoms with E-state index in [0.29, 0.717) is 29.2 Å². The van der Waals surface area contributed by atoms with Gasteiger partial charge in [-0.25, -0.2) is 9.18 Å². The highest BCUT2D eigenvalue weighted by atomic mass is 19.1. The lowest BCUT2D eigenvalue weighted by Crippen LogP contribution is -2.36. The van der Waals surface area contributed by atoms with E-state index in [-0.39, 0.29) is 35.4 Å². The van der Waals surface area contributed by atoms with Gasteiger partial charge in [0.2, 0.25) is 17.4 Å². The van der Waals surface area contributed by atoms with Gasteiger partial charge < -0.3 is 28.5 Å². The first kappa shape index (κ1) is 25.5. The predicted octanol–water partition coefficient (Wildman–Crippen LogP) is 4.88. The van der Waals surface area contributed by atoms with Crippen molar-refractivity contribution < 1.29 is 28.2 Å². The standard InChI is InChI=1S/C30H28FN5O5/c31-22-12-18(15-32)4-5-19(22)17-40-26-3-1-2-25(33-26)35-9-7-30(8-10-35)14-21(30)27-34-28-23(13-24(41-28)29(37)38)36(27)16-20-6-11-39-20/h1-5,12-13,20-21H,6-11,14,16-17H2,(H,37,38)/t20-,21?/m0/s1. The van der Waals surface area contributed by atoms with Crippen molar-refractivity contribution >= 4 is 23.0 Å². The van der Waals surface area contributed by atoms with Crippen LogP contribution in [0.2, 0.25) is 0 Å². The highest BCUT2D eigenvalue weighted by molar-refractivity contribution is 5.89. The van der Waals surface area contributed by atoms with Crippen molar-refractivity contribution in [2.45, 2.75) is 50.9 Å². The maximum Gasteiger partial charge on any atom is 0.371 e. The molecule has 11 heteroatoms. The van der Waals surface area contributed by atoms with Gasteiger partial charge in [0.15, 0.2) is 0 Å². The molecule has 210 valence electrons. The molecule has 2 aliphatic heterocycles. The second-order valence-electron chi connectivity index (χ2n) is 11.1. The van der Waals surface area contributed by atoms with Crippen molar-refractivity contribution in [3.8, 4) is 11.9 Å². The summed E-state index contributed by atoms with van der Waals surface area (Å²) in [6.45, 7) is 3.09. The summed E-state index contributed by atoms with van der Waals surface area (Å²) in [4.78, 5) is 23.1. The molecule has 0 radical (unpaired) electrons. The molecule has 5 heterocycles. The number of pyridine rings is 1. The number of nitrogens with zero attached hydrogens (tertiary/aromatic N) is 5. The lowest BCUT2D eigenvalue weighted by atomic mass is 9.90. The summed E-state index contributed by atoms with van der Waals surface area (Å²) in [5.74, 6) is 0.800. The largest absolute Gasteiger partial charge is 0.475 e. The van der Waals surface area contributed by atoms with E-state index in [0.717, 1.165) is 57.0 Å². The number of hydrogen-bond acceptors (Lipinski definition) is 8. The summed E-state index contributed by atoms with van der Waals surface area (Å²) >= 11 is 0. The molecule has 2 saturated heterocycles. The lowest BCUT2D eigenvalue weighted by Gasteiger charge is -2.34. The van der Waals surface area contributed by atoms with E-state index in [2.05, 4.69) is 14.5 Å². The Bertz CT molecular complexity index is 1680. The first-order valence-corrected chi connectivity index (χ1v) is 13.8. The molecule has 1 saturated carbocycles. The average Bonchev–Trinajstić information content (AvgIpc) is 3.30. The number of imidazole rings is 1. The number of nitriles is 1. The zero-order valence-corrected chi connectivity index (χ0v) is 22.3. The molecule has 0 bridgehead atoms. The van der Waals surface area contributed by atoms with Crippen molar-refractivity contribution in [3.63, 3.8) is 0 Å². The number of furan rings is 1. The van der Waals surface area contributed by atoms with E-state index in [4.69, 9.17) is 24.1 Å². The number of fused-ring (bicyclic) bond motifs is 1. The molecule has 3 fully saturated rings. The molecule has 7 rings (SSSR count). The number of rotatable bonds is 8. The fourth-order valence-corrected chi connectivity index (χ4v) is 6.12. The van der Waals surface area contributed by atoms with Gasteiger partial charge >= 0.3 is 5.97 Å². The fourth-order valence-electron chi connectivity index (χ4n) is 6.12. The molecule has 3 aliphatic rings. The van der Waals surface area contributed by atoms with E-state index in [9.17, 15) is 14.3 Å². The van der Waals surface area contributed by atoms with Gasteiger partial charge in [-0.1, -0.05) is 12.1 Å². The Kier molecular flexibility index (Phi) is 6.16. The van der Waals surface area contributed by atoms with Gasteiger partial charge in [0.25, 0.3) is 0 Å². The van der Waals surface area contributed by atoms with E-state index < -0.39 is 11.8 Å². The minimum Gasteiger partial charge on any atom is -0.475 e. The Balaban J connectivity index is 1.02. The van der Waals surface area contributed by atoms with E-state index in [1.54, 1.807) is 24.3 Å². The molecular formula is C30H28FN5O5. The second-order valence-corrected chi connectivity index (χ2v) is 11.1. The van der Waals surface area contributed by atoms with Crippen LogP contribution in [0.15, 0.2) is 46.9 Å².